The van der Waals surface area contributed by atoms with Crippen molar-refractivity contribution >= 4 is 23.2 Å². The van der Waals surface area contributed by atoms with Gasteiger partial charge in [-0.25, -0.2) is 0 Å². The van der Waals surface area contributed by atoms with Gasteiger partial charge >= 0.3 is 0 Å². The van der Waals surface area contributed by atoms with E-state index in [2.05, 4.69) is 0 Å². The van der Waals surface area contributed by atoms with E-state index in [1.807, 2.05) is 35.0 Å². The third-order valence-electron chi connectivity index (χ3n) is 5.35. The molecule has 0 bridgehead atoms. The Bertz CT molecular complexity index is 850. The quantitative estimate of drug-likeness (QED) is 0.699. The van der Waals surface area contributed by atoms with Crippen molar-refractivity contribution in [3.05, 3.63) is 52.2 Å². The lowest BCUT2D eigenvalue weighted by molar-refractivity contribution is -0.132. The molecule has 2 amide bonds. The Hall–Kier alpha value is -2.38. The van der Waals surface area contributed by atoms with E-state index in [9.17, 15) is 9.59 Å². The van der Waals surface area contributed by atoms with Crippen LogP contribution in [-0.4, -0.2) is 61.1 Å². The van der Waals surface area contributed by atoms with Crippen molar-refractivity contribution in [2.45, 2.75) is 25.5 Å². The van der Waals surface area contributed by atoms with E-state index in [-0.39, 0.29) is 24.5 Å². The predicted molar refractivity (Wildman–Crippen MR) is 111 cm³/mol. The summed E-state index contributed by atoms with van der Waals surface area (Å²) in [5.41, 5.74) is 1.63. The molecule has 7 heteroatoms. The van der Waals surface area contributed by atoms with Crippen LogP contribution in [0.4, 0.5) is 0 Å². The van der Waals surface area contributed by atoms with Crippen molar-refractivity contribution in [2.75, 3.05) is 33.4 Å². The minimum Gasteiger partial charge on any atom is -0.497 e. The summed E-state index contributed by atoms with van der Waals surface area (Å²) in [5.74, 6) is 1.22. The summed E-state index contributed by atoms with van der Waals surface area (Å²) in [4.78, 5) is 29.3. The fraction of sp³-hybridized carbons (Fsp3) is 0.455. The number of rotatable bonds is 7. The number of ether oxygens (including phenoxy) is 2. The SMILES string of the molecule is COc1cccc(CN2CC(OCC3CC3)CN(C(=O)c3ccsc3)CC2=O)c1. The van der Waals surface area contributed by atoms with Gasteiger partial charge < -0.3 is 19.3 Å². The Labute approximate surface area is 175 Å². The van der Waals surface area contributed by atoms with Crippen LogP contribution >= 0.6 is 11.3 Å². The van der Waals surface area contributed by atoms with E-state index in [1.165, 1.54) is 24.2 Å². The number of benzene rings is 1. The fourth-order valence-electron chi connectivity index (χ4n) is 3.51. The number of methoxy groups -OCH3 is 1. The first-order valence-corrected chi connectivity index (χ1v) is 10.9. The highest BCUT2D eigenvalue weighted by Crippen LogP contribution is 2.29. The molecule has 0 radical (unpaired) electrons. The van der Waals surface area contributed by atoms with Crippen LogP contribution in [0, 0.1) is 5.92 Å². The standard InChI is InChI=1S/C22H26N2O4S/c1-27-19-4-2-3-17(9-19)10-23-11-20(28-14-16-5-6-16)12-24(13-21(23)25)22(26)18-7-8-29-15-18/h2-4,7-9,15-16,20H,5-6,10-14H2,1H3. The van der Waals surface area contributed by atoms with Gasteiger partial charge in [-0.2, -0.15) is 11.3 Å². The van der Waals surface area contributed by atoms with Crippen LogP contribution in [0.2, 0.25) is 0 Å². The number of hydrogen-bond acceptors (Lipinski definition) is 5. The summed E-state index contributed by atoms with van der Waals surface area (Å²) < 4.78 is 11.4. The van der Waals surface area contributed by atoms with Crippen LogP contribution in [0.15, 0.2) is 41.1 Å². The zero-order valence-corrected chi connectivity index (χ0v) is 17.4. The normalized spacial score (nSPS) is 19.9. The Morgan fingerprint density at radius 2 is 2.10 bits per heavy atom. The summed E-state index contributed by atoms with van der Waals surface area (Å²) in [7, 11) is 1.63. The molecule has 2 fully saturated rings. The van der Waals surface area contributed by atoms with Gasteiger partial charge in [0.15, 0.2) is 0 Å². The van der Waals surface area contributed by atoms with E-state index >= 15 is 0 Å². The molecule has 1 atom stereocenters. The summed E-state index contributed by atoms with van der Waals surface area (Å²) in [6.45, 7) is 2.16. The van der Waals surface area contributed by atoms with E-state index in [0.29, 0.717) is 37.7 Å². The molecule has 4 rings (SSSR count). The lowest BCUT2D eigenvalue weighted by Crippen LogP contribution is -2.39. The molecule has 2 aliphatic rings. The maximum atomic E-state index is 13.0. The zero-order chi connectivity index (χ0) is 20.2. The van der Waals surface area contributed by atoms with Crippen molar-refractivity contribution in [2.24, 2.45) is 5.92 Å². The predicted octanol–water partition coefficient (Wildman–Crippen LogP) is 3.04. The molecule has 0 N–H and O–H groups in total. The molecule has 2 heterocycles. The Balaban J connectivity index is 1.50. The molecule has 154 valence electrons. The molecule has 1 aromatic carbocycles. The Kier molecular flexibility index (Phi) is 6.16. The second-order valence-corrected chi connectivity index (χ2v) is 8.50. The highest BCUT2D eigenvalue weighted by atomic mass is 32.1. The highest BCUT2D eigenvalue weighted by molar-refractivity contribution is 7.08. The minimum atomic E-state index is -0.185. The maximum absolute atomic E-state index is 13.0. The highest BCUT2D eigenvalue weighted by Gasteiger charge is 2.33. The second kappa shape index (κ2) is 8.97. The molecule has 2 aromatic rings. The van der Waals surface area contributed by atoms with Crippen molar-refractivity contribution in [1.29, 1.82) is 0 Å². The van der Waals surface area contributed by atoms with E-state index < -0.39 is 0 Å². The molecule has 0 spiro atoms. The molecule has 29 heavy (non-hydrogen) atoms. The first-order chi connectivity index (χ1) is 14.1. The molecular formula is C22H26N2O4S. The van der Waals surface area contributed by atoms with Crippen molar-refractivity contribution in [3.8, 4) is 5.75 Å². The zero-order valence-electron chi connectivity index (χ0n) is 16.6. The van der Waals surface area contributed by atoms with E-state index in [4.69, 9.17) is 9.47 Å². The molecule has 1 aromatic heterocycles. The molecule has 1 aliphatic carbocycles. The molecule has 1 saturated heterocycles. The fourth-order valence-corrected chi connectivity index (χ4v) is 4.14. The molecular weight excluding hydrogens is 388 g/mol. The molecule has 6 nitrogen and oxygen atoms in total. The van der Waals surface area contributed by atoms with Gasteiger partial charge in [0.25, 0.3) is 5.91 Å². The van der Waals surface area contributed by atoms with Crippen molar-refractivity contribution < 1.29 is 19.1 Å². The van der Waals surface area contributed by atoms with Gasteiger partial charge in [0, 0.05) is 31.6 Å². The van der Waals surface area contributed by atoms with Crippen molar-refractivity contribution in [3.63, 3.8) is 0 Å². The monoisotopic (exact) mass is 414 g/mol. The van der Waals surface area contributed by atoms with Crippen LogP contribution in [0.25, 0.3) is 0 Å². The average molecular weight is 415 g/mol. The topological polar surface area (TPSA) is 59.1 Å². The number of thiophene rings is 1. The molecule has 1 unspecified atom stereocenters. The second-order valence-electron chi connectivity index (χ2n) is 7.72. The largest absolute Gasteiger partial charge is 0.497 e. The summed E-state index contributed by atoms with van der Waals surface area (Å²) in [5, 5.41) is 3.70. The van der Waals surface area contributed by atoms with Crippen LogP contribution in [-0.2, 0) is 16.1 Å². The van der Waals surface area contributed by atoms with Gasteiger partial charge in [-0.05, 0) is 47.9 Å². The summed E-state index contributed by atoms with van der Waals surface area (Å²) in [6.07, 6.45) is 2.23. The summed E-state index contributed by atoms with van der Waals surface area (Å²) in [6, 6.07) is 9.53. The summed E-state index contributed by atoms with van der Waals surface area (Å²) >= 11 is 1.48. The maximum Gasteiger partial charge on any atom is 0.255 e. The number of hydrogen-bond donors (Lipinski definition) is 0. The third-order valence-corrected chi connectivity index (χ3v) is 6.04. The van der Waals surface area contributed by atoms with Crippen molar-refractivity contribution in [1.82, 2.24) is 9.80 Å². The van der Waals surface area contributed by atoms with Crippen LogP contribution in [0.5, 0.6) is 5.75 Å². The van der Waals surface area contributed by atoms with Gasteiger partial charge in [-0.15, -0.1) is 0 Å². The van der Waals surface area contributed by atoms with Crippen LogP contribution in [0.3, 0.4) is 0 Å². The van der Waals surface area contributed by atoms with Gasteiger partial charge in [-0.1, -0.05) is 12.1 Å². The minimum absolute atomic E-state index is 0.0612. The van der Waals surface area contributed by atoms with Gasteiger partial charge in [0.2, 0.25) is 5.91 Å². The lowest BCUT2D eigenvalue weighted by Gasteiger charge is -2.25. The third kappa shape index (κ3) is 5.16. The average Bonchev–Trinajstić information content (AvgIpc) is 3.43. The Morgan fingerprint density at radius 3 is 2.83 bits per heavy atom. The van der Waals surface area contributed by atoms with Gasteiger partial charge in [-0.3, -0.25) is 9.59 Å². The first kappa shape index (κ1) is 19.9. The number of carbonyl (C=O) groups is 2. The number of carbonyl (C=O) groups excluding carboxylic acids is 2. The first-order valence-electron chi connectivity index (χ1n) is 9.96. The van der Waals surface area contributed by atoms with Crippen LogP contribution in [0.1, 0.15) is 28.8 Å². The molecule has 1 saturated carbocycles. The van der Waals surface area contributed by atoms with E-state index in [0.717, 1.165) is 11.3 Å². The van der Waals surface area contributed by atoms with Gasteiger partial charge in [0.05, 0.1) is 18.8 Å². The number of amides is 2. The van der Waals surface area contributed by atoms with E-state index in [1.54, 1.807) is 23.0 Å². The Morgan fingerprint density at radius 1 is 1.24 bits per heavy atom. The van der Waals surface area contributed by atoms with Crippen LogP contribution < -0.4 is 4.74 Å². The smallest absolute Gasteiger partial charge is 0.255 e. The molecule has 1 aliphatic heterocycles. The van der Waals surface area contributed by atoms with Gasteiger partial charge in [0.1, 0.15) is 12.3 Å². The number of nitrogens with zero attached hydrogens (tertiary/aromatic N) is 2. The lowest BCUT2D eigenvalue weighted by atomic mass is 10.2.